The van der Waals surface area contributed by atoms with E-state index in [0.29, 0.717) is 24.5 Å². The molecule has 2 aliphatic rings. The normalized spacial score (nSPS) is 19.6. The average molecular weight is 221 g/mol. The Morgan fingerprint density at radius 3 is 2.81 bits per heavy atom. The summed E-state index contributed by atoms with van der Waals surface area (Å²) in [6, 6.07) is 0. The lowest BCUT2D eigenvalue weighted by molar-refractivity contribution is -0.393. The van der Waals surface area contributed by atoms with Crippen molar-refractivity contribution < 1.29 is 9.72 Å². The van der Waals surface area contributed by atoms with Gasteiger partial charge in [0, 0.05) is 12.3 Å². The third kappa shape index (κ3) is 1.33. The van der Waals surface area contributed by atoms with Crippen LogP contribution in [-0.2, 0) is 17.8 Å². The Bertz CT molecular complexity index is 488. The summed E-state index contributed by atoms with van der Waals surface area (Å²) in [4.78, 5) is 26.2. The topological polar surface area (TPSA) is 78.0 Å². The Morgan fingerprint density at radius 2 is 2.19 bits per heavy atom. The zero-order valence-electron chi connectivity index (χ0n) is 8.68. The highest BCUT2D eigenvalue weighted by molar-refractivity contribution is 5.81. The fourth-order valence-electron chi connectivity index (χ4n) is 2.20. The molecule has 3 rings (SSSR count). The van der Waals surface area contributed by atoms with Crippen LogP contribution < -0.4 is 0 Å². The van der Waals surface area contributed by atoms with Crippen molar-refractivity contribution in [2.24, 2.45) is 0 Å². The third-order valence-corrected chi connectivity index (χ3v) is 3.15. The standard InChI is InChI=1S/C10H11N3O3/c14-7-3-4-12-8(5-7)11-9(6-1-2-6)10(12)13(15)16/h6H,1-5H2. The SMILES string of the molecule is O=C1CCn2c(nc(C3CC3)c2[N+](=O)[O-])C1. The third-order valence-electron chi connectivity index (χ3n) is 3.15. The molecule has 1 aliphatic heterocycles. The van der Waals surface area contributed by atoms with E-state index in [1.165, 1.54) is 0 Å². The molecule has 0 atom stereocenters. The zero-order chi connectivity index (χ0) is 11.3. The second-order valence-electron chi connectivity index (χ2n) is 4.39. The van der Waals surface area contributed by atoms with Gasteiger partial charge in [0.05, 0.1) is 13.0 Å². The van der Waals surface area contributed by atoms with Crippen molar-refractivity contribution in [3.05, 3.63) is 21.6 Å². The first kappa shape index (κ1) is 9.50. The van der Waals surface area contributed by atoms with Gasteiger partial charge < -0.3 is 10.1 Å². The number of fused-ring (bicyclic) bond motifs is 1. The second-order valence-corrected chi connectivity index (χ2v) is 4.39. The Balaban J connectivity index is 2.12. The van der Waals surface area contributed by atoms with Crippen LogP contribution in [0.3, 0.4) is 0 Å². The summed E-state index contributed by atoms with van der Waals surface area (Å²) in [5.74, 6) is 1.05. The molecule has 0 radical (unpaired) electrons. The lowest BCUT2D eigenvalue weighted by atomic mass is 10.1. The number of carbonyl (C=O) groups is 1. The Labute approximate surface area is 91.4 Å². The first-order chi connectivity index (χ1) is 7.66. The fraction of sp³-hybridized carbons (Fsp3) is 0.600. The molecule has 6 nitrogen and oxygen atoms in total. The molecule has 1 aromatic heterocycles. The van der Waals surface area contributed by atoms with Crippen LogP contribution in [0.1, 0.15) is 36.7 Å². The van der Waals surface area contributed by atoms with Crippen LogP contribution in [0.15, 0.2) is 0 Å². The van der Waals surface area contributed by atoms with Crippen molar-refractivity contribution in [2.75, 3.05) is 0 Å². The molecular formula is C10H11N3O3. The summed E-state index contributed by atoms with van der Waals surface area (Å²) < 4.78 is 1.61. The van der Waals surface area contributed by atoms with Crippen LogP contribution in [0.25, 0.3) is 0 Å². The predicted molar refractivity (Wildman–Crippen MR) is 54.2 cm³/mol. The van der Waals surface area contributed by atoms with E-state index >= 15 is 0 Å². The number of aromatic nitrogens is 2. The van der Waals surface area contributed by atoms with E-state index in [1.54, 1.807) is 4.57 Å². The van der Waals surface area contributed by atoms with Gasteiger partial charge in [-0.05, 0) is 17.8 Å². The molecule has 1 fully saturated rings. The van der Waals surface area contributed by atoms with Crippen LogP contribution in [0.2, 0.25) is 0 Å². The maximum absolute atomic E-state index is 11.3. The number of hydrogen-bond acceptors (Lipinski definition) is 4. The van der Waals surface area contributed by atoms with Crippen LogP contribution in [0, 0.1) is 10.1 Å². The summed E-state index contributed by atoms with van der Waals surface area (Å²) >= 11 is 0. The number of nitro groups is 1. The molecule has 84 valence electrons. The first-order valence-electron chi connectivity index (χ1n) is 5.42. The largest absolute Gasteiger partial charge is 0.358 e. The van der Waals surface area contributed by atoms with Crippen molar-refractivity contribution in [3.63, 3.8) is 0 Å². The molecule has 16 heavy (non-hydrogen) atoms. The molecule has 0 amide bonds. The molecule has 0 aromatic carbocycles. The van der Waals surface area contributed by atoms with Crippen molar-refractivity contribution in [2.45, 2.75) is 38.1 Å². The van der Waals surface area contributed by atoms with Crippen LogP contribution >= 0.6 is 0 Å². The molecule has 0 spiro atoms. The van der Waals surface area contributed by atoms with E-state index in [-0.39, 0.29) is 28.9 Å². The number of nitrogens with zero attached hydrogens (tertiary/aromatic N) is 3. The fourth-order valence-corrected chi connectivity index (χ4v) is 2.20. The monoisotopic (exact) mass is 221 g/mol. The quantitative estimate of drug-likeness (QED) is 0.555. The van der Waals surface area contributed by atoms with Gasteiger partial charge in [-0.15, -0.1) is 0 Å². The molecule has 6 heteroatoms. The van der Waals surface area contributed by atoms with E-state index in [4.69, 9.17) is 0 Å². The van der Waals surface area contributed by atoms with Gasteiger partial charge in [-0.3, -0.25) is 4.79 Å². The maximum Gasteiger partial charge on any atom is 0.346 e. The Kier molecular flexibility index (Phi) is 1.86. The highest BCUT2D eigenvalue weighted by atomic mass is 16.6. The molecule has 0 saturated heterocycles. The van der Waals surface area contributed by atoms with Gasteiger partial charge in [-0.1, -0.05) is 0 Å². The minimum absolute atomic E-state index is 0.116. The van der Waals surface area contributed by atoms with Gasteiger partial charge in [0.25, 0.3) is 0 Å². The van der Waals surface area contributed by atoms with Crippen molar-refractivity contribution in [1.29, 1.82) is 0 Å². The number of imidazole rings is 1. The minimum atomic E-state index is -0.361. The van der Waals surface area contributed by atoms with Gasteiger partial charge in [-0.25, -0.2) is 9.55 Å². The lowest BCUT2D eigenvalue weighted by Crippen LogP contribution is -2.19. The van der Waals surface area contributed by atoms with E-state index in [1.807, 2.05) is 0 Å². The number of Topliss-reactive ketones (excluding diaryl/α,β-unsaturated/α-hetero) is 1. The van der Waals surface area contributed by atoms with Gasteiger partial charge in [-0.2, -0.15) is 0 Å². The van der Waals surface area contributed by atoms with Crippen LogP contribution in [0.5, 0.6) is 0 Å². The van der Waals surface area contributed by atoms with Crippen molar-refractivity contribution >= 4 is 11.6 Å². The summed E-state index contributed by atoms with van der Waals surface area (Å²) in [6.45, 7) is 0.407. The number of ketones is 1. The smallest absolute Gasteiger partial charge is 0.346 e. The van der Waals surface area contributed by atoms with E-state index in [0.717, 1.165) is 12.8 Å². The second kappa shape index (κ2) is 3.13. The van der Waals surface area contributed by atoms with Crippen molar-refractivity contribution in [3.8, 4) is 0 Å². The predicted octanol–water partition coefficient (Wildman–Crippen LogP) is 1.18. The van der Waals surface area contributed by atoms with Gasteiger partial charge in [0.1, 0.15) is 11.5 Å². The Morgan fingerprint density at radius 1 is 1.44 bits per heavy atom. The molecular weight excluding hydrogens is 210 g/mol. The summed E-state index contributed by atoms with van der Waals surface area (Å²) in [5.41, 5.74) is 0.592. The van der Waals surface area contributed by atoms with Gasteiger partial charge >= 0.3 is 5.82 Å². The molecule has 2 heterocycles. The molecule has 0 bridgehead atoms. The number of hydrogen-bond donors (Lipinski definition) is 0. The maximum atomic E-state index is 11.3. The van der Waals surface area contributed by atoms with Crippen LogP contribution in [0.4, 0.5) is 5.82 Å². The molecule has 1 saturated carbocycles. The summed E-state index contributed by atoms with van der Waals surface area (Å²) in [7, 11) is 0. The zero-order valence-corrected chi connectivity index (χ0v) is 8.68. The number of carbonyl (C=O) groups excluding carboxylic acids is 1. The van der Waals surface area contributed by atoms with E-state index < -0.39 is 0 Å². The summed E-state index contributed by atoms with van der Waals surface area (Å²) in [6.07, 6.45) is 2.58. The van der Waals surface area contributed by atoms with Crippen molar-refractivity contribution in [1.82, 2.24) is 9.55 Å². The average Bonchev–Trinajstić information content (AvgIpc) is 2.99. The molecule has 0 unspecified atom stereocenters. The van der Waals surface area contributed by atoms with Gasteiger partial charge in [0.15, 0.2) is 0 Å². The van der Waals surface area contributed by atoms with Gasteiger partial charge in [0.2, 0.25) is 5.82 Å². The van der Waals surface area contributed by atoms with E-state index in [9.17, 15) is 14.9 Å². The first-order valence-corrected chi connectivity index (χ1v) is 5.42. The van der Waals surface area contributed by atoms with E-state index in [2.05, 4.69) is 4.98 Å². The lowest BCUT2D eigenvalue weighted by Gasteiger charge is -2.08. The molecule has 1 aliphatic carbocycles. The Hall–Kier alpha value is -1.72. The van der Waals surface area contributed by atoms with Crippen LogP contribution in [-0.4, -0.2) is 20.3 Å². The number of rotatable bonds is 2. The highest BCUT2D eigenvalue weighted by Crippen LogP contribution is 2.44. The summed E-state index contributed by atoms with van der Waals surface area (Å²) in [5, 5.41) is 11.0. The molecule has 0 N–H and O–H groups in total. The minimum Gasteiger partial charge on any atom is -0.358 e. The highest BCUT2D eigenvalue weighted by Gasteiger charge is 2.39. The molecule has 1 aromatic rings.